The molecule has 0 bridgehead atoms. The van der Waals surface area contributed by atoms with Crippen molar-refractivity contribution >= 4 is 33.3 Å². The molecule has 2 aliphatic carbocycles. The molecule has 1 aliphatic heterocycles. The van der Waals surface area contributed by atoms with Crippen molar-refractivity contribution in [3.05, 3.63) is 68.7 Å². The summed E-state index contributed by atoms with van der Waals surface area (Å²) in [5, 5.41) is 0. The third kappa shape index (κ3) is 4.34. The Morgan fingerprint density at radius 3 is 2.43 bits per heavy atom. The summed E-state index contributed by atoms with van der Waals surface area (Å²) in [7, 11) is 0. The SMILES string of the molecule is CC(=O)OC[C@H]1OC(C)(C)O[C@@H]1COc1ccc2c(c1)C(C)(C)C1=C(C2=O)c2ccc(Br)cc2C1. The van der Waals surface area contributed by atoms with Gasteiger partial charge in [0.15, 0.2) is 11.6 Å². The van der Waals surface area contributed by atoms with Gasteiger partial charge in [0.2, 0.25) is 0 Å². The second kappa shape index (κ2) is 8.57. The van der Waals surface area contributed by atoms with Gasteiger partial charge in [0.25, 0.3) is 0 Å². The van der Waals surface area contributed by atoms with Gasteiger partial charge in [-0.2, -0.15) is 0 Å². The Hall–Kier alpha value is -2.48. The van der Waals surface area contributed by atoms with Crippen LogP contribution in [0.5, 0.6) is 5.75 Å². The van der Waals surface area contributed by atoms with Crippen LogP contribution in [0.1, 0.15) is 61.7 Å². The van der Waals surface area contributed by atoms with Crippen molar-refractivity contribution in [3.63, 3.8) is 0 Å². The molecule has 0 spiro atoms. The highest BCUT2D eigenvalue weighted by Crippen LogP contribution is 2.50. The molecule has 0 unspecified atom stereocenters. The zero-order chi connectivity index (χ0) is 25.1. The van der Waals surface area contributed by atoms with E-state index < -0.39 is 18.0 Å². The number of rotatable bonds is 5. The van der Waals surface area contributed by atoms with E-state index in [9.17, 15) is 9.59 Å². The number of esters is 1. The summed E-state index contributed by atoms with van der Waals surface area (Å²) in [4.78, 5) is 24.8. The molecule has 2 aromatic rings. The van der Waals surface area contributed by atoms with E-state index in [0.717, 1.165) is 33.2 Å². The molecule has 6 nitrogen and oxygen atoms in total. The van der Waals surface area contributed by atoms with Crippen molar-refractivity contribution in [1.29, 1.82) is 0 Å². The third-order valence-electron chi connectivity index (χ3n) is 7.05. The van der Waals surface area contributed by atoms with E-state index in [1.54, 1.807) is 0 Å². The largest absolute Gasteiger partial charge is 0.491 e. The maximum absolute atomic E-state index is 13.6. The highest BCUT2D eigenvalue weighted by atomic mass is 79.9. The van der Waals surface area contributed by atoms with Crippen molar-refractivity contribution < 1.29 is 28.5 Å². The molecule has 0 aromatic heterocycles. The molecule has 0 N–H and O–H groups in total. The molecule has 0 radical (unpaired) electrons. The van der Waals surface area contributed by atoms with Crippen molar-refractivity contribution in [3.8, 4) is 5.75 Å². The molecule has 0 amide bonds. The minimum absolute atomic E-state index is 0.0673. The zero-order valence-corrected chi connectivity index (χ0v) is 22.2. The Kier molecular flexibility index (Phi) is 5.93. The third-order valence-corrected chi connectivity index (χ3v) is 7.54. The van der Waals surface area contributed by atoms with Crippen LogP contribution in [0, 0.1) is 0 Å². The van der Waals surface area contributed by atoms with E-state index >= 15 is 0 Å². The van der Waals surface area contributed by atoms with E-state index in [1.807, 2.05) is 44.2 Å². The first-order chi connectivity index (χ1) is 16.5. The van der Waals surface area contributed by atoms with Crippen molar-refractivity contribution in [2.75, 3.05) is 13.2 Å². The van der Waals surface area contributed by atoms with Crippen LogP contribution in [0.15, 0.2) is 46.4 Å². The molecule has 0 saturated carbocycles. The number of ketones is 1. The van der Waals surface area contributed by atoms with Gasteiger partial charge in [0, 0.05) is 27.9 Å². The maximum Gasteiger partial charge on any atom is 0.302 e. The topological polar surface area (TPSA) is 71.1 Å². The second-order valence-corrected chi connectivity index (χ2v) is 11.2. The van der Waals surface area contributed by atoms with Gasteiger partial charge in [-0.3, -0.25) is 9.59 Å². The molecule has 7 heteroatoms. The number of hydrogen-bond acceptors (Lipinski definition) is 6. The summed E-state index contributed by atoms with van der Waals surface area (Å²) in [5.41, 5.74) is 5.55. The van der Waals surface area contributed by atoms with E-state index in [0.29, 0.717) is 11.3 Å². The van der Waals surface area contributed by atoms with Crippen LogP contribution < -0.4 is 4.74 Å². The van der Waals surface area contributed by atoms with Crippen LogP contribution in [-0.2, 0) is 30.8 Å². The molecule has 5 rings (SSSR count). The minimum atomic E-state index is -0.793. The Labute approximate surface area is 213 Å². The monoisotopic (exact) mass is 540 g/mol. The lowest BCUT2D eigenvalue weighted by molar-refractivity contribution is -0.159. The highest BCUT2D eigenvalue weighted by Gasteiger charge is 2.44. The van der Waals surface area contributed by atoms with Gasteiger partial charge in [-0.05, 0) is 72.9 Å². The van der Waals surface area contributed by atoms with Gasteiger partial charge in [-0.15, -0.1) is 0 Å². The average Bonchev–Trinajstić information content (AvgIpc) is 3.31. The first-order valence-electron chi connectivity index (χ1n) is 11.8. The molecule has 1 saturated heterocycles. The van der Waals surface area contributed by atoms with Crippen LogP contribution in [0.4, 0.5) is 0 Å². The Morgan fingerprint density at radius 2 is 1.71 bits per heavy atom. The first-order valence-corrected chi connectivity index (χ1v) is 12.6. The van der Waals surface area contributed by atoms with E-state index in [-0.39, 0.29) is 30.4 Å². The number of Topliss-reactive ketones (excluding diaryl/α,β-unsaturated/α-hetero) is 1. The normalized spacial score (nSPS) is 23.5. The lowest BCUT2D eigenvalue weighted by Crippen LogP contribution is -2.33. The molecule has 35 heavy (non-hydrogen) atoms. The van der Waals surface area contributed by atoms with Gasteiger partial charge in [-0.1, -0.05) is 35.8 Å². The number of allylic oxidation sites excluding steroid dienone is 2. The minimum Gasteiger partial charge on any atom is -0.491 e. The highest BCUT2D eigenvalue weighted by molar-refractivity contribution is 9.10. The molecule has 1 fully saturated rings. The summed E-state index contributed by atoms with van der Waals surface area (Å²) < 4.78 is 24.2. The smallest absolute Gasteiger partial charge is 0.302 e. The number of halogens is 1. The van der Waals surface area contributed by atoms with E-state index in [4.69, 9.17) is 18.9 Å². The maximum atomic E-state index is 13.6. The average molecular weight is 541 g/mol. The Balaban J connectivity index is 1.38. The summed E-state index contributed by atoms with van der Waals surface area (Å²) in [5.74, 6) is -0.433. The predicted molar refractivity (Wildman–Crippen MR) is 135 cm³/mol. The number of fused-ring (bicyclic) bond motifs is 3. The molecule has 3 aliphatic rings. The molecule has 2 atom stereocenters. The number of benzene rings is 2. The Morgan fingerprint density at radius 1 is 1.03 bits per heavy atom. The van der Waals surface area contributed by atoms with Crippen LogP contribution in [0.3, 0.4) is 0 Å². The molecular weight excluding hydrogens is 512 g/mol. The molecule has 1 heterocycles. The van der Waals surface area contributed by atoms with E-state index in [2.05, 4.69) is 35.8 Å². The number of ether oxygens (including phenoxy) is 4. The first kappa shape index (κ1) is 24.2. The number of carbonyl (C=O) groups excluding carboxylic acids is 2. The van der Waals surface area contributed by atoms with Crippen molar-refractivity contribution in [2.24, 2.45) is 0 Å². The van der Waals surface area contributed by atoms with Crippen molar-refractivity contribution in [2.45, 2.75) is 64.4 Å². The molecular formula is C28H29BrO6. The van der Waals surface area contributed by atoms with Crippen LogP contribution >= 0.6 is 15.9 Å². The summed E-state index contributed by atoms with van der Waals surface area (Å²) in [6.45, 7) is 9.69. The van der Waals surface area contributed by atoms with Crippen molar-refractivity contribution in [1.82, 2.24) is 0 Å². The lowest BCUT2D eigenvalue weighted by Gasteiger charge is -2.34. The lowest BCUT2D eigenvalue weighted by atomic mass is 9.68. The Bertz CT molecular complexity index is 1260. The fraction of sp³-hybridized carbons (Fsp3) is 0.429. The standard InChI is InChI=1S/C28H29BrO6/c1-15(30)32-13-23-24(35-28(4,5)34-23)14-33-18-7-9-20-21(12-18)27(2,3)22-11-16-10-17(29)6-8-19(16)25(22)26(20)31/h6-10,12,23-24H,11,13-14H2,1-5H3/t23-,24-/m1/s1. The fourth-order valence-corrected chi connectivity index (χ4v) is 5.79. The van der Waals surface area contributed by atoms with Crippen LogP contribution in [0.25, 0.3) is 5.57 Å². The van der Waals surface area contributed by atoms with Gasteiger partial charge in [0.05, 0.1) is 0 Å². The summed E-state index contributed by atoms with van der Waals surface area (Å²) in [6.07, 6.45) is -0.0613. The zero-order valence-electron chi connectivity index (χ0n) is 20.6. The quantitative estimate of drug-likeness (QED) is 0.473. The fourth-order valence-electron chi connectivity index (χ4n) is 5.38. The van der Waals surface area contributed by atoms with Crippen LogP contribution in [-0.4, -0.2) is 43.0 Å². The van der Waals surface area contributed by atoms with Gasteiger partial charge in [-0.25, -0.2) is 0 Å². The van der Waals surface area contributed by atoms with Crippen LogP contribution in [0.2, 0.25) is 0 Å². The number of carbonyl (C=O) groups is 2. The summed E-state index contributed by atoms with van der Waals surface area (Å²) >= 11 is 3.56. The molecule has 2 aromatic carbocycles. The molecule has 184 valence electrons. The van der Waals surface area contributed by atoms with Gasteiger partial charge < -0.3 is 18.9 Å². The predicted octanol–water partition coefficient (Wildman–Crippen LogP) is 5.39. The van der Waals surface area contributed by atoms with Gasteiger partial charge >= 0.3 is 5.97 Å². The van der Waals surface area contributed by atoms with Gasteiger partial charge in [0.1, 0.15) is 31.2 Å². The second-order valence-electron chi connectivity index (χ2n) is 10.3. The van der Waals surface area contributed by atoms with E-state index in [1.165, 1.54) is 12.5 Å². The summed E-state index contributed by atoms with van der Waals surface area (Å²) in [6, 6.07) is 11.8. The number of hydrogen-bond donors (Lipinski definition) is 0.